The van der Waals surface area contributed by atoms with E-state index in [1.54, 1.807) is 0 Å². The number of hydrogen-bond donors (Lipinski definition) is 0. The molecule has 0 aliphatic carbocycles. The van der Waals surface area contributed by atoms with Crippen molar-refractivity contribution in [3.8, 4) is 0 Å². The second-order valence-corrected chi connectivity index (χ2v) is 4.15. The molecule has 102 valence electrons. The first-order valence-electron chi connectivity index (χ1n) is 4.04. The Morgan fingerprint density at radius 3 is 2.11 bits per heavy atom. The van der Waals surface area contributed by atoms with E-state index in [-0.39, 0.29) is 0 Å². The Bertz CT molecular complexity index is 395. The molecule has 0 heterocycles. The van der Waals surface area contributed by atoms with Crippen LogP contribution in [0.15, 0.2) is 0 Å². The minimum absolute atomic E-state index is 0. The average Bonchev–Trinajstić information content (AvgIpc) is 2.21. The zero-order valence-electron chi connectivity index (χ0n) is 9.22. The standard InChI is InChI=1S/C7H9F2O7S.Rf/c1-15-5(10)2-3-6(11)16-4-7(8,9)17(12,13)14;/h4H,2-3H2,1H3,(H,12,13,14);/q-1;/p-1. The largest absolute Gasteiger partial charge is 0.746 e. The molecule has 0 bridgehead atoms. The fourth-order valence-electron chi connectivity index (χ4n) is 0.558. The third-order valence-electron chi connectivity index (χ3n) is 1.42. The molecule has 11 heteroatoms. The maximum absolute atomic E-state index is 12.4. The molecule has 0 aliphatic heterocycles. The fourth-order valence-corrected chi connectivity index (χ4v) is 0.724. The van der Waals surface area contributed by atoms with Crippen LogP contribution in [0.5, 0.6) is 0 Å². The van der Waals surface area contributed by atoms with Crippen molar-refractivity contribution in [1.29, 1.82) is 0 Å². The molecule has 0 rings (SSSR count). The van der Waals surface area contributed by atoms with Crippen LogP contribution >= 0.6 is 0 Å². The van der Waals surface area contributed by atoms with E-state index in [9.17, 15) is 31.3 Å². The molecule has 0 spiro atoms. The van der Waals surface area contributed by atoms with Gasteiger partial charge < -0.3 is 14.0 Å². The van der Waals surface area contributed by atoms with Crippen LogP contribution in [0.1, 0.15) is 12.8 Å². The van der Waals surface area contributed by atoms with E-state index in [0.29, 0.717) is 0 Å². The Morgan fingerprint density at radius 2 is 1.72 bits per heavy atom. The number of rotatable bonds is 6. The van der Waals surface area contributed by atoms with Gasteiger partial charge in [0.15, 0.2) is 0 Å². The average molecular weight is 541 g/mol. The quantitative estimate of drug-likeness (QED) is 0.260. The Kier molecular flexibility index (Phi) is 6.48. The van der Waals surface area contributed by atoms with Gasteiger partial charge in [0.25, 0.3) is 11.2 Å². The van der Waals surface area contributed by atoms with E-state index in [0.717, 1.165) is 7.11 Å². The van der Waals surface area contributed by atoms with Gasteiger partial charge >= 0.3 is 5.97 Å². The number of carbonyl (C=O) groups is 2. The molecule has 0 aliphatic rings. The van der Waals surface area contributed by atoms with E-state index in [1.807, 2.05) is 0 Å². The van der Waals surface area contributed by atoms with Crippen LogP contribution in [-0.2, 0) is 29.2 Å². The molecule has 0 fully saturated rings. The fraction of sp³-hybridized carbons (Fsp3) is 0.571. The number of alkyl halides is 2. The topological polar surface area (TPSA) is 110 Å². The number of ether oxygens (including phenoxy) is 2. The summed E-state index contributed by atoms with van der Waals surface area (Å²) in [5, 5.41) is -4.81. The summed E-state index contributed by atoms with van der Waals surface area (Å²) in [5.41, 5.74) is 0. The summed E-state index contributed by atoms with van der Waals surface area (Å²) >= 11 is 0. The number of esters is 2. The van der Waals surface area contributed by atoms with Crippen molar-refractivity contribution in [2.75, 3.05) is 7.11 Å². The van der Waals surface area contributed by atoms with Crippen molar-refractivity contribution in [2.24, 2.45) is 0 Å². The van der Waals surface area contributed by atoms with E-state index in [2.05, 4.69) is 9.47 Å². The monoisotopic (exact) mass is 541 g/mol. The van der Waals surface area contributed by atoms with Gasteiger partial charge in [-0.15, -0.1) is 0 Å². The van der Waals surface area contributed by atoms with Crippen molar-refractivity contribution in [3.05, 3.63) is 6.61 Å². The molecule has 0 saturated carbocycles. The first-order chi connectivity index (χ1) is 7.60. The predicted octanol–water partition coefficient (Wildman–Crippen LogP) is -0.217. The molecule has 0 aromatic heterocycles. The normalized spacial score (nSPS) is 11.3. The molecule has 0 aromatic rings. The summed E-state index contributed by atoms with van der Waals surface area (Å²) in [6.07, 6.45) is -1.00. The van der Waals surface area contributed by atoms with Gasteiger partial charge in [-0.25, -0.2) is 17.2 Å². The minimum atomic E-state index is -5.94. The summed E-state index contributed by atoms with van der Waals surface area (Å²) in [4.78, 5) is 21.3. The Balaban J connectivity index is 0. The maximum atomic E-state index is 12.4. The second kappa shape index (κ2) is 6.45. The van der Waals surface area contributed by atoms with E-state index in [4.69, 9.17) is 0 Å². The summed E-state index contributed by atoms with van der Waals surface area (Å²) in [6, 6.07) is 0. The summed E-state index contributed by atoms with van der Waals surface area (Å²) in [7, 11) is -4.89. The number of halogens is 2. The number of hydrogen-bond acceptors (Lipinski definition) is 7. The van der Waals surface area contributed by atoms with Gasteiger partial charge in [0.2, 0.25) is 0 Å². The third kappa shape index (κ3) is 5.70. The first-order valence-corrected chi connectivity index (χ1v) is 5.45. The van der Waals surface area contributed by atoms with Gasteiger partial charge in [-0.1, -0.05) is 6.61 Å². The minimum Gasteiger partial charge on any atom is -0.746 e. The van der Waals surface area contributed by atoms with Gasteiger partial charge in [-0.2, -0.15) is 0 Å². The number of methoxy groups -OCH3 is 1. The van der Waals surface area contributed by atoms with Crippen molar-refractivity contribution in [1.82, 2.24) is 0 Å². The van der Waals surface area contributed by atoms with Gasteiger partial charge in [0.1, 0.15) is 10.1 Å². The first kappa shape index (κ1) is 18.1. The van der Waals surface area contributed by atoms with Crippen LogP contribution in [0.4, 0.5) is 8.78 Å². The summed E-state index contributed by atoms with van der Waals surface area (Å²) in [6.45, 7) is -0.686. The molecule has 0 aromatic carbocycles. The summed E-state index contributed by atoms with van der Waals surface area (Å²) in [5.74, 6) is -2.07. The molecule has 18 heavy (non-hydrogen) atoms. The zero-order chi connectivity index (χ0) is 13.7. The number of carbonyl (C=O) groups excluding carboxylic acids is 2. The van der Waals surface area contributed by atoms with Gasteiger partial charge in [-0.05, 0) is 0 Å². The third-order valence-corrected chi connectivity index (χ3v) is 2.18. The smallest absolute Gasteiger partial charge is 0.306 e. The molecular weight excluding hydrogens is 533 g/mol. The Morgan fingerprint density at radius 1 is 1.28 bits per heavy atom. The van der Waals surface area contributed by atoms with Crippen LogP contribution in [0, 0.1) is 6.61 Å². The Labute approximate surface area is 95.4 Å². The maximum Gasteiger partial charge on any atom is 0.306 e. The SMILES string of the molecule is COC(=O)CCC(=O)O[CH-]C(F)(F)S(=O)(=O)[O-].[Rf]. The molecule has 0 radical (unpaired) electrons. The molecule has 0 saturated heterocycles. The van der Waals surface area contributed by atoms with Gasteiger partial charge in [0, 0.05) is 0 Å². The molecule has 0 unspecified atom stereocenters. The van der Waals surface area contributed by atoms with Gasteiger partial charge in [0.05, 0.1) is 20.0 Å². The van der Waals surface area contributed by atoms with E-state index in [1.165, 1.54) is 0 Å². The van der Waals surface area contributed by atoms with Crippen LogP contribution in [-0.4, -0.2) is 37.3 Å². The van der Waals surface area contributed by atoms with Crippen molar-refractivity contribution in [2.45, 2.75) is 18.1 Å². The van der Waals surface area contributed by atoms with Crippen LogP contribution in [0.3, 0.4) is 0 Å². The second-order valence-electron chi connectivity index (χ2n) is 2.70. The summed E-state index contributed by atoms with van der Waals surface area (Å²) < 4.78 is 62.7. The van der Waals surface area contributed by atoms with Crippen LogP contribution < -0.4 is 0 Å². The predicted molar refractivity (Wildman–Crippen MR) is 46.3 cm³/mol. The van der Waals surface area contributed by atoms with Crippen LogP contribution in [0.25, 0.3) is 0 Å². The van der Waals surface area contributed by atoms with Crippen molar-refractivity contribution < 1.29 is 40.8 Å². The van der Waals surface area contributed by atoms with Crippen molar-refractivity contribution >= 4 is 22.1 Å². The molecule has 0 atom stereocenters. The molecule has 0 N–H and O–H groups in total. The zero-order valence-corrected chi connectivity index (χ0v) is 16.4. The molecule has 0 amide bonds. The molecular formula is C7H8F2O7RfS-2. The van der Waals surface area contributed by atoms with Crippen molar-refractivity contribution in [3.63, 3.8) is 0 Å². The van der Waals surface area contributed by atoms with E-state index >= 15 is 0 Å². The van der Waals surface area contributed by atoms with E-state index < -0.39 is 46.8 Å². The van der Waals surface area contributed by atoms with Gasteiger partial charge in [-0.3, -0.25) is 9.59 Å². The molecule has 7 nitrogen and oxygen atoms in total. The Hall–Kier alpha value is -2.29. The van der Waals surface area contributed by atoms with Crippen LogP contribution in [0.2, 0.25) is 0 Å².